The summed E-state index contributed by atoms with van der Waals surface area (Å²) in [6, 6.07) is 6.27. The Labute approximate surface area is 159 Å². The molecule has 5 heteroatoms. The molecular weight excluding hydrogens is 336 g/mol. The average molecular weight is 371 g/mol. The Hall–Kier alpha value is -0.970. The lowest BCUT2D eigenvalue weighted by atomic mass is 9.97. The molecule has 1 aromatic rings. The summed E-state index contributed by atoms with van der Waals surface area (Å²) < 4.78 is 10.8. The van der Waals surface area contributed by atoms with Gasteiger partial charge in [-0.1, -0.05) is 19.9 Å². The van der Waals surface area contributed by atoms with E-state index in [1.165, 1.54) is 44.6 Å². The fourth-order valence-corrected chi connectivity index (χ4v) is 3.53. The summed E-state index contributed by atoms with van der Waals surface area (Å²) >= 11 is 0. The van der Waals surface area contributed by atoms with Gasteiger partial charge in [-0.3, -0.25) is 0 Å². The Morgan fingerprint density at radius 3 is 2.40 bits per heavy atom. The van der Waals surface area contributed by atoms with Crippen molar-refractivity contribution in [2.24, 2.45) is 11.8 Å². The monoisotopic (exact) mass is 370 g/mol. The molecule has 2 rings (SSSR count). The molecular formula is C20H35ClN2O2. The van der Waals surface area contributed by atoms with Crippen molar-refractivity contribution in [1.82, 2.24) is 10.2 Å². The molecule has 0 spiro atoms. The van der Waals surface area contributed by atoms with E-state index in [-0.39, 0.29) is 12.4 Å². The summed E-state index contributed by atoms with van der Waals surface area (Å²) in [4.78, 5) is 2.65. The number of methoxy groups -OCH3 is 2. The van der Waals surface area contributed by atoms with Gasteiger partial charge in [0.15, 0.2) is 11.5 Å². The zero-order chi connectivity index (χ0) is 17.4. The first-order valence-corrected chi connectivity index (χ1v) is 9.26. The Bertz CT molecular complexity index is 491. The molecule has 0 radical (unpaired) electrons. The van der Waals surface area contributed by atoms with Gasteiger partial charge in [0.25, 0.3) is 0 Å². The Morgan fingerprint density at radius 1 is 1.12 bits per heavy atom. The number of hydrogen-bond donors (Lipinski definition) is 1. The minimum atomic E-state index is 0. The summed E-state index contributed by atoms with van der Waals surface area (Å²) in [5, 5.41) is 3.47. The van der Waals surface area contributed by atoms with Crippen LogP contribution in [0.25, 0.3) is 0 Å². The van der Waals surface area contributed by atoms with Crippen molar-refractivity contribution in [3.63, 3.8) is 0 Å². The second-order valence-corrected chi connectivity index (χ2v) is 7.29. The predicted molar refractivity (Wildman–Crippen MR) is 107 cm³/mol. The molecule has 144 valence electrons. The first kappa shape index (κ1) is 22.1. The van der Waals surface area contributed by atoms with Crippen molar-refractivity contribution >= 4 is 12.4 Å². The zero-order valence-corrected chi connectivity index (χ0v) is 17.0. The molecule has 0 amide bonds. The normalized spacial score (nSPS) is 15.3. The molecule has 1 aliphatic heterocycles. The Kier molecular flexibility index (Phi) is 10.2. The first-order chi connectivity index (χ1) is 11.6. The van der Waals surface area contributed by atoms with Crippen molar-refractivity contribution in [3.8, 4) is 11.5 Å². The van der Waals surface area contributed by atoms with Crippen LogP contribution in [0.5, 0.6) is 11.5 Å². The summed E-state index contributed by atoms with van der Waals surface area (Å²) in [6.07, 6.45) is 3.67. The van der Waals surface area contributed by atoms with Crippen LogP contribution in [0, 0.1) is 11.8 Å². The predicted octanol–water partition coefficient (Wildman–Crippen LogP) is 3.63. The quantitative estimate of drug-likeness (QED) is 0.719. The second-order valence-electron chi connectivity index (χ2n) is 7.29. The van der Waals surface area contributed by atoms with Gasteiger partial charge in [0.2, 0.25) is 0 Å². The van der Waals surface area contributed by atoms with Crippen LogP contribution >= 0.6 is 12.4 Å². The maximum absolute atomic E-state index is 5.42. The Balaban J connectivity index is 0.00000312. The third kappa shape index (κ3) is 7.43. The van der Waals surface area contributed by atoms with Gasteiger partial charge in [-0.05, 0) is 61.9 Å². The summed E-state index contributed by atoms with van der Waals surface area (Å²) in [5.74, 6) is 3.17. The topological polar surface area (TPSA) is 33.7 Å². The van der Waals surface area contributed by atoms with Crippen LogP contribution in [0.1, 0.15) is 32.3 Å². The molecule has 1 saturated heterocycles. The summed E-state index contributed by atoms with van der Waals surface area (Å²) in [5.41, 5.74) is 1.31. The maximum Gasteiger partial charge on any atom is 0.160 e. The molecule has 0 aliphatic carbocycles. The van der Waals surface area contributed by atoms with Gasteiger partial charge in [0.05, 0.1) is 14.2 Å². The van der Waals surface area contributed by atoms with E-state index in [0.29, 0.717) is 5.92 Å². The number of benzene rings is 1. The maximum atomic E-state index is 5.42. The average Bonchev–Trinajstić information content (AvgIpc) is 2.59. The first-order valence-electron chi connectivity index (χ1n) is 9.26. The lowest BCUT2D eigenvalue weighted by Gasteiger charge is -2.31. The molecule has 4 nitrogen and oxygen atoms in total. The minimum absolute atomic E-state index is 0. The number of halogens is 1. The third-order valence-electron chi connectivity index (χ3n) is 4.76. The highest BCUT2D eigenvalue weighted by Gasteiger charge is 2.18. The summed E-state index contributed by atoms with van der Waals surface area (Å²) in [7, 11) is 3.38. The highest BCUT2D eigenvalue weighted by molar-refractivity contribution is 5.85. The fraction of sp³-hybridized carbons (Fsp3) is 0.700. The number of rotatable bonds is 9. The van der Waals surface area contributed by atoms with Crippen LogP contribution in [0.2, 0.25) is 0 Å². The Morgan fingerprint density at radius 2 is 1.80 bits per heavy atom. The van der Waals surface area contributed by atoms with Crippen molar-refractivity contribution < 1.29 is 9.47 Å². The van der Waals surface area contributed by atoms with Crippen LogP contribution in [0.4, 0.5) is 0 Å². The smallest absolute Gasteiger partial charge is 0.160 e. The van der Waals surface area contributed by atoms with E-state index in [1.54, 1.807) is 14.2 Å². The van der Waals surface area contributed by atoms with Gasteiger partial charge < -0.3 is 19.7 Å². The van der Waals surface area contributed by atoms with E-state index < -0.39 is 0 Å². The number of ether oxygens (including phenoxy) is 2. The van der Waals surface area contributed by atoms with Crippen molar-refractivity contribution in [3.05, 3.63) is 23.8 Å². The van der Waals surface area contributed by atoms with Crippen LogP contribution in [-0.2, 0) is 6.42 Å². The fourth-order valence-electron chi connectivity index (χ4n) is 3.53. The van der Waals surface area contributed by atoms with Crippen LogP contribution in [0.15, 0.2) is 18.2 Å². The molecule has 0 saturated carbocycles. The van der Waals surface area contributed by atoms with Crippen LogP contribution in [-0.4, -0.2) is 51.8 Å². The SMILES string of the molecule is COc1ccc(CCN(CC(C)C)CC2CCNCC2)cc1OC.Cl. The van der Waals surface area contributed by atoms with E-state index in [1.807, 2.05) is 6.07 Å². The minimum Gasteiger partial charge on any atom is -0.493 e. The number of piperidine rings is 1. The highest BCUT2D eigenvalue weighted by atomic mass is 35.5. The second kappa shape index (κ2) is 11.6. The third-order valence-corrected chi connectivity index (χ3v) is 4.76. The zero-order valence-electron chi connectivity index (χ0n) is 16.2. The molecule has 0 unspecified atom stereocenters. The standard InChI is InChI=1S/C20H34N2O2.ClH/c1-16(2)14-22(15-18-7-10-21-11-8-18)12-9-17-5-6-19(23-3)20(13-17)24-4;/h5-6,13,16,18,21H,7-12,14-15H2,1-4H3;1H. The van der Waals surface area contributed by atoms with Crippen molar-refractivity contribution in [1.29, 1.82) is 0 Å². The molecule has 1 aromatic carbocycles. The van der Waals surface area contributed by atoms with E-state index >= 15 is 0 Å². The number of nitrogens with one attached hydrogen (secondary N) is 1. The van der Waals surface area contributed by atoms with Gasteiger partial charge in [-0.15, -0.1) is 12.4 Å². The lowest BCUT2D eigenvalue weighted by Crippen LogP contribution is -2.38. The van der Waals surface area contributed by atoms with Gasteiger partial charge >= 0.3 is 0 Å². The van der Waals surface area contributed by atoms with Crippen LogP contribution < -0.4 is 14.8 Å². The van der Waals surface area contributed by atoms with Gasteiger partial charge in [-0.25, -0.2) is 0 Å². The van der Waals surface area contributed by atoms with Gasteiger partial charge in [0.1, 0.15) is 0 Å². The highest BCUT2D eigenvalue weighted by Crippen LogP contribution is 2.27. The largest absolute Gasteiger partial charge is 0.493 e. The number of nitrogens with zero attached hydrogens (tertiary/aromatic N) is 1. The van der Waals surface area contributed by atoms with Crippen molar-refractivity contribution in [2.45, 2.75) is 33.1 Å². The van der Waals surface area contributed by atoms with E-state index in [4.69, 9.17) is 9.47 Å². The van der Waals surface area contributed by atoms with E-state index in [0.717, 1.165) is 30.4 Å². The van der Waals surface area contributed by atoms with Gasteiger partial charge in [-0.2, -0.15) is 0 Å². The summed E-state index contributed by atoms with van der Waals surface area (Å²) in [6.45, 7) is 10.5. The number of hydrogen-bond acceptors (Lipinski definition) is 4. The molecule has 1 N–H and O–H groups in total. The molecule has 1 heterocycles. The van der Waals surface area contributed by atoms with Gasteiger partial charge in [0, 0.05) is 19.6 Å². The molecule has 25 heavy (non-hydrogen) atoms. The van der Waals surface area contributed by atoms with Crippen LogP contribution in [0.3, 0.4) is 0 Å². The molecule has 0 atom stereocenters. The molecule has 0 bridgehead atoms. The molecule has 1 aliphatic rings. The molecule has 0 aromatic heterocycles. The van der Waals surface area contributed by atoms with Crippen molar-refractivity contribution in [2.75, 3.05) is 46.9 Å². The van der Waals surface area contributed by atoms with E-state index in [9.17, 15) is 0 Å². The lowest BCUT2D eigenvalue weighted by molar-refractivity contribution is 0.189. The molecule has 1 fully saturated rings. The van der Waals surface area contributed by atoms with E-state index in [2.05, 4.69) is 36.2 Å².